The maximum absolute atomic E-state index is 15.4. The van der Waals surface area contributed by atoms with Crippen molar-refractivity contribution in [3.63, 3.8) is 0 Å². The third kappa shape index (κ3) is 4.43. The van der Waals surface area contributed by atoms with E-state index in [0.29, 0.717) is 100 Å². The van der Waals surface area contributed by atoms with E-state index in [1.54, 1.807) is 0 Å². The summed E-state index contributed by atoms with van der Waals surface area (Å²) in [6.45, 7) is 4.57. The number of fused-ring (bicyclic) bond motifs is 14. The summed E-state index contributed by atoms with van der Waals surface area (Å²) in [4.78, 5) is 63.4. The number of nitrogens with zero attached hydrogens (tertiary/aromatic N) is 4. The van der Waals surface area contributed by atoms with Crippen LogP contribution in [0.5, 0.6) is 0 Å². The Labute approximate surface area is 365 Å². The van der Waals surface area contributed by atoms with Crippen molar-refractivity contribution in [1.29, 1.82) is 0 Å². The van der Waals surface area contributed by atoms with Crippen LogP contribution in [0.3, 0.4) is 0 Å². The Bertz CT molecular complexity index is 2940. The van der Waals surface area contributed by atoms with Crippen molar-refractivity contribution in [3.8, 4) is 0 Å². The molecule has 2 spiro atoms. The number of aromatic amines is 2. The van der Waals surface area contributed by atoms with Crippen molar-refractivity contribution in [3.05, 3.63) is 161 Å². The van der Waals surface area contributed by atoms with Gasteiger partial charge in [0, 0.05) is 100 Å². The summed E-state index contributed by atoms with van der Waals surface area (Å²) in [5.74, 6) is 0.314. The first-order chi connectivity index (χ1) is 29.6. The van der Waals surface area contributed by atoms with Gasteiger partial charge in [-0.1, -0.05) is 80.4 Å². The van der Waals surface area contributed by atoms with Gasteiger partial charge in [-0.15, -0.1) is 0 Å². The van der Waals surface area contributed by atoms with Gasteiger partial charge in [-0.2, -0.15) is 10.2 Å². The number of benzene rings is 4. The zero-order valence-corrected chi connectivity index (χ0v) is 36.0. The maximum atomic E-state index is 15.4. The molecule has 6 aromatic rings. The lowest BCUT2D eigenvalue weighted by atomic mass is 9.67. The van der Waals surface area contributed by atoms with E-state index >= 15 is 9.59 Å². The molecule has 2 unspecified atom stereocenters. The Kier molecular flexibility index (Phi) is 7.52. The van der Waals surface area contributed by atoms with Crippen molar-refractivity contribution < 1.29 is 19.2 Å². The van der Waals surface area contributed by atoms with E-state index in [-0.39, 0.29) is 23.4 Å². The Morgan fingerprint density at radius 2 is 0.967 bits per heavy atom. The number of amides is 2. The molecule has 4 aliphatic heterocycles. The van der Waals surface area contributed by atoms with Crippen LogP contribution in [0.1, 0.15) is 84.7 Å². The van der Waals surface area contributed by atoms with Crippen LogP contribution >= 0.6 is 31.9 Å². The maximum Gasteiger partial charge on any atom is 0.247 e. The number of Topliss-reactive ketones (excluding diaryl/α,β-unsaturated/α-hetero) is 2. The van der Waals surface area contributed by atoms with Gasteiger partial charge in [-0.25, -0.2) is 0 Å². The second-order valence-corrected chi connectivity index (χ2v) is 18.3. The summed E-state index contributed by atoms with van der Waals surface area (Å²) in [7, 11) is 0. The topological polar surface area (TPSA) is 156 Å². The molecule has 4 N–H and O–H groups in total. The molecule has 0 fully saturated rings. The lowest BCUT2D eigenvalue weighted by molar-refractivity contribution is -0.121. The summed E-state index contributed by atoms with van der Waals surface area (Å²) < 4.78 is 1.59. The molecule has 4 aromatic carbocycles. The summed E-state index contributed by atoms with van der Waals surface area (Å²) in [6, 6.07) is 26.6. The first-order valence-electron chi connectivity index (χ1n) is 20.2. The molecule has 14 heteroatoms. The number of carbonyl (C=O) groups is 4. The molecule has 2 aromatic heterocycles. The number of aryl methyl sites for hydroxylation is 2. The normalized spacial score (nSPS) is 21.1. The van der Waals surface area contributed by atoms with E-state index in [0.717, 1.165) is 42.6 Å². The number of nitrogens with one attached hydrogen (secondary N) is 4. The number of unbranched alkanes of at least 4 members (excludes halogenated alkanes) is 2. The number of carbonyl (C=O) groups excluding carboxylic acids is 4. The van der Waals surface area contributed by atoms with Gasteiger partial charge in [-0.3, -0.25) is 29.4 Å². The fourth-order valence-corrected chi connectivity index (χ4v) is 11.8. The number of anilines is 4. The van der Waals surface area contributed by atoms with Crippen molar-refractivity contribution in [2.75, 3.05) is 33.5 Å². The van der Waals surface area contributed by atoms with E-state index in [4.69, 9.17) is 0 Å². The van der Waals surface area contributed by atoms with Gasteiger partial charge in [0.15, 0.2) is 23.2 Å². The van der Waals surface area contributed by atoms with E-state index in [1.807, 2.05) is 109 Å². The van der Waals surface area contributed by atoms with Crippen LogP contribution in [0.15, 0.2) is 105 Å². The third-order valence-corrected chi connectivity index (χ3v) is 14.4. The minimum Gasteiger partial charge on any atom is -0.338 e. The monoisotopic (exact) mass is 932 g/mol. The number of hydrogen-bond acceptors (Lipinski definition) is 8. The number of rotatable bonds is 6. The van der Waals surface area contributed by atoms with Crippen LogP contribution in [0, 0.1) is 13.8 Å². The van der Waals surface area contributed by atoms with Crippen molar-refractivity contribution >= 4 is 89.6 Å². The highest BCUT2D eigenvalue weighted by atomic mass is 79.9. The van der Waals surface area contributed by atoms with Crippen molar-refractivity contribution in [2.24, 2.45) is 0 Å². The van der Waals surface area contributed by atoms with Gasteiger partial charge in [0.1, 0.15) is 10.8 Å². The van der Waals surface area contributed by atoms with Crippen LogP contribution in [0.25, 0.3) is 11.4 Å². The number of aromatic nitrogens is 4. The SMILES string of the molecule is Cc1[nH]nc2c1C1(C(=O)N(CCCCCN3C(=O)C4(C5=C(Nc6n[nH]c(C)c64)c4ccccc4C5=O)c4cc(Br)ccc43)c3ccc(Br)cc31)C1=C(N2)c2ccccc2C1=O. The van der Waals surface area contributed by atoms with Crippen LogP contribution < -0.4 is 20.4 Å². The van der Waals surface area contributed by atoms with Crippen LogP contribution in [-0.2, 0) is 20.4 Å². The number of hydrogen-bond donors (Lipinski definition) is 4. The second-order valence-electron chi connectivity index (χ2n) is 16.4. The summed E-state index contributed by atoms with van der Waals surface area (Å²) >= 11 is 7.35. The quantitative estimate of drug-likeness (QED) is 0.121. The molecule has 2 aliphatic carbocycles. The lowest BCUT2D eigenvalue weighted by Crippen LogP contribution is -2.47. The zero-order chi connectivity index (χ0) is 41.7. The Morgan fingerprint density at radius 3 is 1.39 bits per heavy atom. The standard InChI is InChI=1S/C47H34Br2N8O4/c1-22-34-42(54-52-22)50-38-26-10-4-6-12-28(26)40(58)36(38)46(34)30-20-24(48)14-16-32(30)56(44(46)60)18-8-3-9-19-57-33-17-15-25(49)21-31(33)47(45(57)61)35-23(2)53-55-43(35)51-39-27-11-5-7-13-29(27)41(59)37(39)47/h4-7,10-17,20-21H,3,8-9,18-19H2,1-2H3,(H2,50,52,54)(H2,51,53,55). The Morgan fingerprint density at radius 1 is 0.557 bits per heavy atom. The number of H-pyrrole nitrogens is 2. The first kappa shape index (κ1) is 36.5. The van der Waals surface area contributed by atoms with Crippen LogP contribution in [0.2, 0.25) is 0 Å². The van der Waals surface area contributed by atoms with Gasteiger partial charge in [0.25, 0.3) is 0 Å². The zero-order valence-electron chi connectivity index (χ0n) is 32.8. The smallest absolute Gasteiger partial charge is 0.247 e. The average molecular weight is 935 g/mol. The highest BCUT2D eigenvalue weighted by Crippen LogP contribution is 2.61. The van der Waals surface area contributed by atoms with Crippen LogP contribution in [-0.4, -0.2) is 56.9 Å². The fraction of sp³-hybridized carbons (Fsp3) is 0.191. The summed E-state index contributed by atoms with van der Waals surface area (Å²) in [5, 5.41) is 22.2. The minimum absolute atomic E-state index is 0.177. The van der Waals surface area contributed by atoms with E-state index in [9.17, 15) is 9.59 Å². The molecule has 2 atom stereocenters. The Balaban J connectivity index is 0.866. The summed E-state index contributed by atoms with van der Waals surface area (Å²) in [5.41, 5.74) is 7.51. The lowest BCUT2D eigenvalue weighted by Gasteiger charge is -2.35. The van der Waals surface area contributed by atoms with Crippen molar-refractivity contribution in [2.45, 2.75) is 43.9 Å². The molecule has 300 valence electrons. The molecule has 2 amide bonds. The van der Waals surface area contributed by atoms with E-state index in [1.165, 1.54) is 0 Å². The van der Waals surface area contributed by atoms with Gasteiger partial charge >= 0.3 is 0 Å². The van der Waals surface area contributed by atoms with Gasteiger partial charge in [-0.05, 0) is 69.5 Å². The summed E-state index contributed by atoms with van der Waals surface area (Å²) in [6.07, 6.45) is 1.95. The second kappa shape index (κ2) is 12.6. The molecular formula is C47H34Br2N8O4. The minimum atomic E-state index is -1.42. The van der Waals surface area contributed by atoms with E-state index < -0.39 is 10.8 Å². The predicted molar refractivity (Wildman–Crippen MR) is 238 cm³/mol. The molecule has 0 saturated heterocycles. The van der Waals surface area contributed by atoms with E-state index in [2.05, 4.69) is 62.9 Å². The predicted octanol–water partition coefficient (Wildman–Crippen LogP) is 8.48. The highest BCUT2D eigenvalue weighted by molar-refractivity contribution is 9.10. The Hall–Kier alpha value is -6.38. The molecule has 0 radical (unpaired) electrons. The van der Waals surface area contributed by atoms with Crippen molar-refractivity contribution in [1.82, 2.24) is 20.4 Å². The number of ketones is 2. The highest BCUT2D eigenvalue weighted by Gasteiger charge is 2.64. The van der Waals surface area contributed by atoms with Gasteiger partial charge in [0.05, 0.1) is 11.4 Å². The first-order valence-corrected chi connectivity index (χ1v) is 21.8. The molecule has 61 heavy (non-hydrogen) atoms. The average Bonchev–Trinajstić information content (AvgIpc) is 4.07. The van der Waals surface area contributed by atoms with Gasteiger partial charge < -0.3 is 20.4 Å². The van der Waals surface area contributed by atoms with Crippen LogP contribution in [0.4, 0.5) is 23.0 Å². The molecule has 12 rings (SSSR count). The number of halogens is 2. The molecule has 12 nitrogen and oxygen atoms in total. The molecule has 6 aliphatic rings. The molecule has 0 saturated carbocycles. The third-order valence-electron chi connectivity index (χ3n) is 13.4. The molecule has 6 heterocycles. The van der Waals surface area contributed by atoms with Gasteiger partial charge in [0.2, 0.25) is 11.8 Å². The molecular weight excluding hydrogens is 900 g/mol. The fourth-order valence-electron chi connectivity index (χ4n) is 11.1. The molecule has 0 bridgehead atoms. The largest absolute Gasteiger partial charge is 0.338 e.